The molecule has 22 heavy (non-hydrogen) atoms. The van der Waals surface area contributed by atoms with Crippen LogP contribution >= 0.6 is 0 Å². The van der Waals surface area contributed by atoms with E-state index in [-0.39, 0.29) is 5.91 Å². The first-order valence-electron chi connectivity index (χ1n) is 7.58. The number of esters is 1. The summed E-state index contributed by atoms with van der Waals surface area (Å²) in [4.78, 5) is 23.5. The van der Waals surface area contributed by atoms with Gasteiger partial charge in [0.05, 0.1) is 13.7 Å². The van der Waals surface area contributed by atoms with Crippen LogP contribution in [0.15, 0.2) is 30.3 Å². The number of nitrogens with one attached hydrogen (secondary N) is 1. The molecule has 0 spiro atoms. The largest absolute Gasteiger partial charge is 0.494 e. The molecule has 1 atom stereocenters. The monoisotopic (exact) mass is 307 g/mol. The van der Waals surface area contributed by atoms with Crippen molar-refractivity contribution < 1.29 is 19.1 Å². The lowest BCUT2D eigenvalue weighted by atomic mass is 10.0. The van der Waals surface area contributed by atoms with Gasteiger partial charge in [-0.15, -0.1) is 0 Å². The first kappa shape index (κ1) is 18.0. The predicted octanol–water partition coefficient (Wildman–Crippen LogP) is 2.55. The molecule has 0 aliphatic carbocycles. The molecule has 122 valence electrons. The molecule has 0 radical (unpaired) electrons. The highest BCUT2D eigenvalue weighted by molar-refractivity contribution is 5.84. The van der Waals surface area contributed by atoms with Gasteiger partial charge in [-0.05, 0) is 30.9 Å². The highest BCUT2D eigenvalue weighted by Crippen LogP contribution is 2.09. The molecular formula is C17H25NO4. The van der Waals surface area contributed by atoms with Crippen LogP contribution < -0.4 is 10.1 Å². The number of hydrogen-bond donors (Lipinski definition) is 1. The Labute approximate surface area is 132 Å². The molecule has 0 fully saturated rings. The van der Waals surface area contributed by atoms with E-state index in [4.69, 9.17) is 9.47 Å². The van der Waals surface area contributed by atoms with Crippen LogP contribution in [-0.4, -0.2) is 31.6 Å². The molecule has 1 N–H and O–H groups in total. The summed E-state index contributed by atoms with van der Waals surface area (Å²) in [5.74, 6) is 0.524. The van der Waals surface area contributed by atoms with E-state index in [0.29, 0.717) is 31.8 Å². The molecule has 0 aromatic heterocycles. The van der Waals surface area contributed by atoms with Gasteiger partial charge in [-0.25, -0.2) is 4.79 Å². The number of rotatable bonds is 9. The highest BCUT2D eigenvalue weighted by atomic mass is 16.5. The van der Waals surface area contributed by atoms with E-state index in [9.17, 15) is 9.59 Å². The van der Waals surface area contributed by atoms with E-state index < -0.39 is 12.0 Å². The van der Waals surface area contributed by atoms with E-state index in [0.717, 1.165) is 5.75 Å². The minimum absolute atomic E-state index is 0.160. The number of hydrogen-bond acceptors (Lipinski definition) is 4. The zero-order chi connectivity index (χ0) is 16.4. The fourth-order valence-electron chi connectivity index (χ4n) is 2.03. The molecule has 0 saturated carbocycles. The number of ether oxygens (including phenoxy) is 2. The third-order valence-corrected chi connectivity index (χ3v) is 3.09. The first-order chi connectivity index (χ1) is 10.5. The van der Waals surface area contributed by atoms with Gasteiger partial charge < -0.3 is 14.8 Å². The van der Waals surface area contributed by atoms with Gasteiger partial charge in [-0.3, -0.25) is 4.79 Å². The maximum absolute atomic E-state index is 11.9. The minimum Gasteiger partial charge on any atom is -0.494 e. The van der Waals surface area contributed by atoms with Gasteiger partial charge in [-0.1, -0.05) is 32.0 Å². The van der Waals surface area contributed by atoms with Crippen LogP contribution in [-0.2, 0) is 14.3 Å². The van der Waals surface area contributed by atoms with Crippen molar-refractivity contribution in [2.45, 2.75) is 39.2 Å². The lowest BCUT2D eigenvalue weighted by Crippen LogP contribution is -2.42. The summed E-state index contributed by atoms with van der Waals surface area (Å²) in [7, 11) is 1.33. The topological polar surface area (TPSA) is 64.6 Å². The Bertz CT molecular complexity index is 459. The molecule has 0 bridgehead atoms. The SMILES string of the molecule is COC(=O)[C@@H](CC(C)C)NC(=O)CCCOc1ccccc1. The van der Waals surface area contributed by atoms with Crippen LogP contribution in [0.4, 0.5) is 0 Å². The van der Waals surface area contributed by atoms with Gasteiger partial charge in [0.2, 0.25) is 5.91 Å². The van der Waals surface area contributed by atoms with E-state index in [2.05, 4.69) is 5.32 Å². The molecule has 0 aliphatic heterocycles. The fraction of sp³-hybridized carbons (Fsp3) is 0.529. The molecular weight excluding hydrogens is 282 g/mol. The number of benzene rings is 1. The van der Waals surface area contributed by atoms with E-state index in [1.54, 1.807) is 0 Å². The van der Waals surface area contributed by atoms with Crippen molar-refractivity contribution in [1.82, 2.24) is 5.32 Å². The maximum atomic E-state index is 11.9. The van der Waals surface area contributed by atoms with Crippen molar-refractivity contribution in [3.05, 3.63) is 30.3 Å². The second-order valence-corrected chi connectivity index (χ2v) is 5.54. The Morgan fingerprint density at radius 1 is 1.18 bits per heavy atom. The quantitative estimate of drug-likeness (QED) is 0.562. The summed E-state index contributed by atoms with van der Waals surface area (Å²) >= 11 is 0. The number of carbonyl (C=O) groups excluding carboxylic acids is 2. The average molecular weight is 307 g/mol. The molecule has 1 aromatic carbocycles. The fourth-order valence-corrected chi connectivity index (χ4v) is 2.03. The normalized spacial score (nSPS) is 11.8. The smallest absolute Gasteiger partial charge is 0.328 e. The van der Waals surface area contributed by atoms with Crippen molar-refractivity contribution in [3.63, 3.8) is 0 Å². The molecule has 0 heterocycles. The Morgan fingerprint density at radius 2 is 1.86 bits per heavy atom. The van der Waals surface area contributed by atoms with Gasteiger partial charge >= 0.3 is 5.97 Å². The van der Waals surface area contributed by atoms with Gasteiger partial charge in [0.1, 0.15) is 11.8 Å². The summed E-state index contributed by atoms with van der Waals surface area (Å²) in [5, 5.41) is 2.73. The lowest BCUT2D eigenvalue weighted by molar-refractivity contribution is -0.145. The third kappa shape index (κ3) is 7.11. The van der Waals surface area contributed by atoms with Crippen LogP contribution in [0.5, 0.6) is 5.75 Å². The Morgan fingerprint density at radius 3 is 2.45 bits per heavy atom. The lowest BCUT2D eigenvalue weighted by Gasteiger charge is -2.18. The Kier molecular flexibility index (Phi) is 8.04. The van der Waals surface area contributed by atoms with Crippen molar-refractivity contribution in [2.24, 2.45) is 5.92 Å². The van der Waals surface area contributed by atoms with Crippen molar-refractivity contribution in [3.8, 4) is 5.75 Å². The van der Waals surface area contributed by atoms with E-state index in [1.165, 1.54) is 7.11 Å². The van der Waals surface area contributed by atoms with Crippen molar-refractivity contribution >= 4 is 11.9 Å². The van der Waals surface area contributed by atoms with Gasteiger partial charge in [0.25, 0.3) is 0 Å². The highest BCUT2D eigenvalue weighted by Gasteiger charge is 2.22. The molecule has 0 saturated heterocycles. The Balaban J connectivity index is 2.29. The van der Waals surface area contributed by atoms with Gasteiger partial charge in [0.15, 0.2) is 0 Å². The van der Waals surface area contributed by atoms with Crippen LogP contribution in [0.3, 0.4) is 0 Å². The summed E-state index contributed by atoms with van der Waals surface area (Å²) in [5.41, 5.74) is 0. The summed E-state index contributed by atoms with van der Waals surface area (Å²) in [6.07, 6.45) is 1.48. The van der Waals surface area contributed by atoms with Crippen molar-refractivity contribution in [2.75, 3.05) is 13.7 Å². The average Bonchev–Trinajstić information content (AvgIpc) is 2.50. The van der Waals surface area contributed by atoms with Crippen LogP contribution in [0.1, 0.15) is 33.1 Å². The standard InChI is InChI=1S/C17H25NO4/c1-13(2)12-15(17(20)21-3)18-16(19)10-7-11-22-14-8-5-4-6-9-14/h4-6,8-9,13,15H,7,10-12H2,1-3H3,(H,18,19)/t15-/m1/s1. The second kappa shape index (κ2) is 9.82. The third-order valence-electron chi connectivity index (χ3n) is 3.09. The zero-order valence-corrected chi connectivity index (χ0v) is 13.5. The second-order valence-electron chi connectivity index (χ2n) is 5.54. The number of para-hydroxylation sites is 1. The summed E-state index contributed by atoms with van der Waals surface area (Å²) < 4.78 is 10.2. The van der Waals surface area contributed by atoms with Crippen LogP contribution in [0.2, 0.25) is 0 Å². The molecule has 0 aliphatic rings. The van der Waals surface area contributed by atoms with E-state index >= 15 is 0 Å². The first-order valence-corrected chi connectivity index (χ1v) is 7.58. The molecule has 5 nitrogen and oxygen atoms in total. The molecule has 1 aromatic rings. The van der Waals surface area contributed by atoms with Crippen molar-refractivity contribution in [1.29, 1.82) is 0 Å². The van der Waals surface area contributed by atoms with E-state index in [1.807, 2.05) is 44.2 Å². The van der Waals surface area contributed by atoms with Crippen LogP contribution in [0.25, 0.3) is 0 Å². The number of methoxy groups -OCH3 is 1. The van der Waals surface area contributed by atoms with Crippen LogP contribution in [0, 0.1) is 5.92 Å². The summed E-state index contributed by atoms with van der Waals surface area (Å²) in [6.45, 7) is 4.45. The maximum Gasteiger partial charge on any atom is 0.328 e. The summed E-state index contributed by atoms with van der Waals surface area (Å²) in [6, 6.07) is 8.88. The number of carbonyl (C=O) groups is 2. The molecule has 1 rings (SSSR count). The number of amides is 1. The molecule has 0 unspecified atom stereocenters. The van der Waals surface area contributed by atoms with Gasteiger partial charge in [-0.2, -0.15) is 0 Å². The zero-order valence-electron chi connectivity index (χ0n) is 13.5. The minimum atomic E-state index is -0.576. The Hall–Kier alpha value is -2.04. The molecule has 1 amide bonds. The molecule has 5 heteroatoms. The van der Waals surface area contributed by atoms with Gasteiger partial charge in [0, 0.05) is 6.42 Å². The predicted molar refractivity (Wildman–Crippen MR) is 84.6 cm³/mol.